The van der Waals surface area contributed by atoms with Gasteiger partial charge in [-0.3, -0.25) is 0 Å². The molecule has 1 aromatic rings. The maximum Gasteiger partial charge on any atom is 0.192 e. The number of benzene rings is 1. The highest BCUT2D eigenvalue weighted by Crippen LogP contribution is 2.40. The van der Waals surface area contributed by atoms with E-state index in [0.29, 0.717) is 0 Å². The number of aliphatic hydroxyl groups is 1. The molecule has 3 nitrogen and oxygen atoms in total. The van der Waals surface area contributed by atoms with Crippen LogP contribution in [0.4, 0.5) is 0 Å². The fourth-order valence-corrected chi connectivity index (χ4v) is 5.97. The summed E-state index contributed by atoms with van der Waals surface area (Å²) < 4.78 is 13.8. The number of aliphatic hydroxyl groups excluding tert-OH is 1. The van der Waals surface area contributed by atoms with Gasteiger partial charge in [0.25, 0.3) is 0 Å². The van der Waals surface area contributed by atoms with Gasteiger partial charge in [0.2, 0.25) is 0 Å². The molecule has 5 heteroatoms. The summed E-state index contributed by atoms with van der Waals surface area (Å²) in [6, 6.07) is 10.7. The Labute approximate surface area is 200 Å². The third-order valence-corrected chi connectivity index (χ3v) is 16.4. The van der Waals surface area contributed by atoms with Crippen molar-refractivity contribution < 1.29 is 14.0 Å². The maximum atomic E-state index is 9.24. The first kappa shape index (κ1) is 29.3. The van der Waals surface area contributed by atoms with Crippen molar-refractivity contribution in [2.24, 2.45) is 0 Å². The predicted molar refractivity (Wildman–Crippen MR) is 144 cm³/mol. The summed E-state index contributed by atoms with van der Waals surface area (Å²) in [7, 11) is -3.83. The molecule has 1 rings (SSSR count). The quantitative estimate of drug-likeness (QED) is 0.247. The summed E-state index contributed by atoms with van der Waals surface area (Å²) in [6.45, 7) is 23.2. The first-order chi connectivity index (χ1) is 14.6. The lowest BCUT2D eigenvalue weighted by atomic mass is 10.0. The van der Waals surface area contributed by atoms with Crippen molar-refractivity contribution in [3.05, 3.63) is 48.0 Å². The van der Waals surface area contributed by atoms with Crippen molar-refractivity contribution in [2.45, 2.75) is 116 Å². The minimum absolute atomic E-state index is 0.0741. The molecule has 0 bridgehead atoms. The molecule has 0 fully saturated rings. The Kier molecular flexibility index (Phi) is 11.1. The van der Waals surface area contributed by atoms with Crippen LogP contribution in [0.2, 0.25) is 36.3 Å². The van der Waals surface area contributed by atoms with E-state index in [1.165, 1.54) is 5.56 Å². The lowest BCUT2D eigenvalue weighted by Crippen LogP contribution is -2.47. The second kappa shape index (κ2) is 12.1. The van der Waals surface area contributed by atoms with Gasteiger partial charge in [-0.25, -0.2) is 0 Å². The van der Waals surface area contributed by atoms with E-state index < -0.39 is 16.6 Å². The third-order valence-electron chi connectivity index (χ3n) is 7.33. The molecule has 0 saturated carbocycles. The second-order valence-corrected chi connectivity index (χ2v) is 21.7. The molecule has 1 N–H and O–H groups in total. The van der Waals surface area contributed by atoms with Crippen molar-refractivity contribution in [3.63, 3.8) is 0 Å². The van der Waals surface area contributed by atoms with Crippen LogP contribution < -0.4 is 0 Å². The lowest BCUT2D eigenvalue weighted by molar-refractivity contribution is 0.0885. The molecule has 0 amide bonds. The van der Waals surface area contributed by atoms with Crippen molar-refractivity contribution in [2.75, 3.05) is 6.61 Å². The van der Waals surface area contributed by atoms with Gasteiger partial charge in [-0.2, -0.15) is 0 Å². The van der Waals surface area contributed by atoms with Gasteiger partial charge in [-0.05, 0) is 67.5 Å². The van der Waals surface area contributed by atoms with Crippen LogP contribution in [0.5, 0.6) is 0 Å². The highest BCUT2D eigenvalue weighted by molar-refractivity contribution is 6.74. The van der Waals surface area contributed by atoms with E-state index in [1.807, 2.05) is 6.08 Å². The van der Waals surface area contributed by atoms with Crippen LogP contribution in [0, 0.1) is 0 Å². The summed E-state index contributed by atoms with van der Waals surface area (Å²) in [5.41, 5.74) is 1.36. The Morgan fingerprint density at radius 1 is 0.812 bits per heavy atom. The van der Waals surface area contributed by atoms with Crippen LogP contribution in [0.1, 0.15) is 66.4 Å². The van der Waals surface area contributed by atoms with Gasteiger partial charge in [0.05, 0.1) is 12.7 Å². The largest absolute Gasteiger partial charge is 0.414 e. The molecule has 0 radical (unpaired) electrons. The van der Waals surface area contributed by atoms with Crippen molar-refractivity contribution in [1.29, 1.82) is 0 Å². The van der Waals surface area contributed by atoms with Gasteiger partial charge >= 0.3 is 0 Å². The lowest BCUT2D eigenvalue weighted by Gasteiger charge is -2.42. The van der Waals surface area contributed by atoms with Crippen LogP contribution in [-0.4, -0.2) is 40.6 Å². The Morgan fingerprint density at radius 3 is 1.78 bits per heavy atom. The van der Waals surface area contributed by atoms with Crippen molar-refractivity contribution in [3.8, 4) is 0 Å². The monoisotopic (exact) mass is 478 g/mol. The van der Waals surface area contributed by atoms with E-state index in [2.05, 4.69) is 104 Å². The third kappa shape index (κ3) is 9.64. The normalized spacial score (nSPS) is 15.8. The van der Waals surface area contributed by atoms with Gasteiger partial charge in [-0.1, -0.05) is 84.0 Å². The van der Waals surface area contributed by atoms with Crippen molar-refractivity contribution >= 4 is 16.6 Å². The van der Waals surface area contributed by atoms with E-state index in [0.717, 1.165) is 25.7 Å². The zero-order chi connectivity index (χ0) is 24.6. The fourth-order valence-electron chi connectivity index (χ4n) is 3.19. The van der Waals surface area contributed by atoms with Gasteiger partial charge in [0, 0.05) is 6.10 Å². The van der Waals surface area contributed by atoms with Gasteiger partial charge in [0.15, 0.2) is 16.6 Å². The average molecular weight is 479 g/mol. The highest BCUT2D eigenvalue weighted by Gasteiger charge is 2.41. The molecule has 0 saturated heterocycles. The highest BCUT2D eigenvalue weighted by atomic mass is 28.4. The Hall–Kier alpha value is -0.726. The smallest absolute Gasteiger partial charge is 0.192 e. The molecule has 32 heavy (non-hydrogen) atoms. The standard InChI is InChI=1S/C27H50O3Si2/c1-26(2,3)31(7,8)29-24(18-14-15-21-28)22-25(30-32(9,10)27(4,5)6)20-19-23-16-12-11-13-17-23/h11-17,24-25,28H,18-22H2,1-10H3/b15-14+/t24-,25+/m1/s1. The van der Waals surface area contributed by atoms with E-state index >= 15 is 0 Å². The Bertz CT molecular complexity index is 685. The number of hydrogen-bond acceptors (Lipinski definition) is 3. The molecule has 0 aliphatic carbocycles. The first-order valence-corrected chi connectivity index (χ1v) is 18.1. The summed E-state index contributed by atoms with van der Waals surface area (Å²) in [6.07, 6.45) is 7.88. The van der Waals surface area contributed by atoms with Crippen LogP contribution in [0.3, 0.4) is 0 Å². The minimum atomic E-state index is -1.92. The topological polar surface area (TPSA) is 38.7 Å². The predicted octanol–water partition coefficient (Wildman–Crippen LogP) is 7.73. The summed E-state index contributed by atoms with van der Waals surface area (Å²) >= 11 is 0. The first-order valence-electron chi connectivity index (χ1n) is 12.2. The summed E-state index contributed by atoms with van der Waals surface area (Å²) in [5, 5.41) is 9.57. The van der Waals surface area contributed by atoms with Gasteiger partial charge in [0.1, 0.15) is 0 Å². The van der Waals surface area contributed by atoms with Crippen LogP contribution in [0.25, 0.3) is 0 Å². The van der Waals surface area contributed by atoms with E-state index in [9.17, 15) is 5.11 Å². The molecule has 184 valence electrons. The maximum absolute atomic E-state index is 9.24. The molecule has 0 unspecified atom stereocenters. The van der Waals surface area contributed by atoms with Crippen LogP contribution in [0.15, 0.2) is 42.5 Å². The Balaban J connectivity index is 3.10. The summed E-state index contributed by atoms with van der Waals surface area (Å²) in [4.78, 5) is 0. The number of aryl methyl sites for hydroxylation is 1. The molecule has 0 aromatic heterocycles. The van der Waals surface area contributed by atoms with Crippen molar-refractivity contribution in [1.82, 2.24) is 0 Å². The molecular weight excluding hydrogens is 428 g/mol. The molecule has 0 aliphatic rings. The van der Waals surface area contributed by atoms with E-state index in [-0.39, 0.29) is 28.9 Å². The molecule has 2 atom stereocenters. The number of rotatable bonds is 12. The summed E-state index contributed by atoms with van der Waals surface area (Å²) in [5.74, 6) is 0. The molecule has 0 heterocycles. The molecule has 1 aromatic carbocycles. The minimum Gasteiger partial charge on any atom is -0.414 e. The SMILES string of the molecule is CC(C)(C)[Si](C)(C)O[C@H](C/C=C/CO)C[C@H](CCc1ccccc1)O[Si](C)(C)C(C)(C)C. The van der Waals surface area contributed by atoms with E-state index in [1.54, 1.807) is 0 Å². The van der Waals surface area contributed by atoms with Gasteiger partial charge in [-0.15, -0.1) is 0 Å². The fraction of sp³-hybridized carbons (Fsp3) is 0.704. The average Bonchev–Trinajstić information content (AvgIpc) is 2.64. The molecule has 0 aliphatic heterocycles. The zero-order valence-electron chi connectivity index (χ0n) is 22.5. The molecule has 0 spiro atoms. The number of hydrogen-bond donors (Lipinski definition) is 1. The zero-order valence-corrected chi connectivity index (χ0v) is 24.5. The Morgan fingerprint density at radius 2 is 1.31 bits per heavy atom. The second-order valence-electron chi connectivity index (χ2n) is 12.1. The van der Waals surface area contributed by atoms with Gasteiger partial charge < -0.3 is 14.0 Å². The van der Waals surface area contributed by atoms with E-state index in [4.69, 9.17) is 8.85 Å². The van der Waals surface area contributed by atoms with Crippen LogP contribution >= 0.6 is 0 Å². The molecular formula is C27H50O3Si2. The van der Waals surface area contributed by atoms with Crippen LogP contribution in [-0.2, 0) is 15.3 Å².